The van der Waals surface area contributed by atoms with E-state index in [0.717, 1.165) is 28.4 Å². The van der Waals surface area contributed by atoms with Gasteiger partial charge in [-0.25, -0.2) is 0 Å². The van der Waals surface area contributed by atoms with Crippen LogP contribution >= 0.6 is 11.6 Å². The van der Waals surface area contributed by atoms with Gasteiger partial charge in [0.05, 0.1) is 0 Å². The van der Waals surface area contributed by atoms with Crippen LogP contribution in [-0.2, 0) is 13.2 Å². The summed E-state index contributed by atoms with van der Waals surface area (Å²) in [5.41, 5.74) is 2.32. The first-order valence-electron chi connectivity index (χ1n) is 7.14. The summed E-state index contributed by atoms with van der Waals surface area (Å²) < 4.78 is 5.94. The molecule has 0 unspecified atom stereocenters. The molecule has 0 fully saturated rings. The minimum atomic E-state index is 0.0834. The number of halogens is 1. The van der Waals surface area contributed by atoms with Crippen molar-refractivity contribution < 1.29 is 4.74 Å². The molecule has 0 aromatic heterocycles. The van der Waals surface area contributed by atoms with Gasteiger partial charge in [-0.15, -0.1) is 0 Å². The predicted molar refractivity (Wildman–Crippen MR) is 88.8 cm³/mol. The predicted octanol–water partition coefficient (Wildman–Crippen LogP) is 4.81. The maximum atomic E-state index is 5.99. The molecule has 2 nitrogen and oxygen atoms in total. The monoisotopic (exact) mass is 303 g/mol. The van der Waals surface area contributed by atoms with Gasteiger partial charge in [0.2, 0.25) is 0 Å². The average molecular weight is 304 g/mol. The van der Waals surface area contributed by atoms with E-state index in [1.807, 2.05) is 42.5 Å². The first kappa shape index (κ1) is 15.9. The molecule has 3 heteroatoms. The second kappa shape index (κ2) is 6.97. The summed E-state index contributed by atoms with van der Waals surface area (Å²) in [6.45, 7) is 7.77. The normalized spacial score (nSPS) is 11.4. The lowest BCUT2D eigenvalue weighted by molar-refractivity contribution is 0.300. The Hall–Kier alpha value is -1.51. The van der Waals surface area contributed by atoms with Crippen LogP contribution in [0.3, 0.4) is 0 Å². The number of para-hydroxylation sites is 1. The van der Waals surface area contributed by atoms with Crippen molar-refractivity contribution >= 4 is 11.6 Å². The fourth-order valence-corrected chi connectivity index (χ4v) is 2.15. The molecule has 0 aliphatic rings. The lowest BCUT2D eigenvalue weighted by atomic mass is 10.1. The molecule has 0 amide bonds. The molecule has 0 aliphatic carbocycles. The maximum absolute atomic E-state index is 5.99. The standard InChI is InChI=1S/C18H22ClNO/c1-18(2,3)20-12-15-8-4-5-10-17(15)21-13-14-7-6-9-16(19)11-14/h4-11,20H,12-13H2,1-3H3. The van der Waals surface area contributed by atoms with Gasteiger partial charge in [-0.05, 0) is 44.5 Å². The third-order valence-electron chi connectivity index (χ3n) is 3.07. The van der Waals surface area contributed by atoms with Crippen LogP contribution in [-0.4, -0.2) is 5.54 Å². The molecule has 21 heavy (non-hydrogen) atoms. The Bertz CT molecular complexity index is 590. The van der Waals surface area contributed by atoms with Gasteiger partial charge >= 0.3 is 0 Å². The lowest BCUT2D eigenvalue weighted by Crippen LogP contribution is -2.35. The molecular weight excluding hydrogens is 282 g/mol. The summed E-state index contributed by atoms with van der Waals surface area (Å²) >= 11 is 5.99. The molecule has 0 atom stereocenters. The van der Waals surface area contributed by atoms with Crippen LogP contribution in [0.25, 0.3) is 0 Å². The Morgan fingerprint density at radius 3 is 2.52 bits per heavy atom. The van der Waals surface area contributed by atoms with E-state index < -0.39 is 0 Å². The highest BCUT2D eigenvalue weighted by molar-refractivity contribution is 6.30. The molecular formula is C18H22ClNO. The van der Waals surface area contributed by atoms with Crippen LogP contribution in [0.2, 0.25) is 5.02 Å². The lowest BCUT2D eigenvalue weighted by Gasteiger charge is -2.21. The van der Waals surface area contributed by atoms with Gasteiger partial charge in [0, 0.05) is 22.7 Å². The van der Waals surface area contributed by atoms with Crippen molar-refractivity contribution in [2.24, 2.45) is 0 Å². The molecule has 112 valence electrons. The summed E-state index contributed by atoms with van der Waals surface area (Å²) in [5.74, 6) is 0.911. The zero-order chi connectivity index (χ0) is 15.3. The number of hydrogen-bond acceptors (Lipinski definition) is 2. The van der Waals surface area contributed by atoms with Crippen molar-refractivity contribution in [2.45, 2.75) is 39.5 Å². The second-order valence-corrected chi connectivity index (χ2v) is 6.57. The number of nitrogens with one attached hydrogen (secondary N) is 1. The first-order chi connectivity index (χ1) is 9.94. The van der Waals surface area contributed by atoms with Crippen molar-refractivity contribution in [2.75, 3.05) is 0 Å². The molecule has 0 radical (unpaired) electrons. The summed E-state index contributed by atoms with van der Waals surface area (Å²) in [6, 6.07) is 15.9. The molecule has 0 heterocycles. The van der Waals surface area contributed by atoms with Crippen molar-refractivity contribution in [3.05, 3.63) is 64.7 Å². The zero-order valence-corrected chi connectivity index (χ0v) is 13.6. The third-order valence-corrected chi connectivity index (χ3v) is 3.30. The topological polar surface area (TPSA) is 21.3 Å². The molecule has 0 aliphatic heterocycles. The number of ether oxygens (including phenoxy) is 1. The molecule has 2 aromatic carbocycles. The Kier molecular flexibility index (Phi) is 5.27. The van der Waals surface area contributed by atoms with E-state index in [0.29, 0.717) is 6.61 Å². The van der Waals surface area contributed by atoms with E-state index in [1.165, 1.54) is 0 Å². The van der Waals surface area contributed by atoms with E-state index in [1.54, 1.807) is 0 Å². The van der Waals surface area contributed by atoms with Gasteiger partial charge in [0.1, 0.15) is 12.4 Å². The van der Waals surface area contributed by atoms with Crippen LogP contribution in [0, 0.1) is 0 Å². The largest absolute Gasteiger partial charge is 0.489 e. The van der Waals surface area contributed by atoms with Gasteiger partial charge in [-0.1, -0.05) is 41.9 Å². The summed E-state index contributed by atoms with van der Waals surface area (Å²) in [6.07, 6.45) is 0. The SMILES string of the molecule is CC(C)(C)NCc1ccccc1OCc1cccc(Cl)c1. The van der Waals surface area contributed by atoms with E-state index in [9.17, 15) is 0 Å². The van der Waals surface area contributed by atoms with Crippen LogP contribution in [0.15, 0.2) is 48.5 Å². The van der Waals surface area contributed by atoms with Crippen molar-refractivity contribution in [1.82, 2.24) is 5.32 Å². The Morgan fingerprint density at radius 1 is 1.05 bits per heavy atom. The van der Waals surface area contributed by atoms with Gasteiger partial charge in [-0.3, -0.25) is 0 Å². The van der Waals surface area contributed by atoms with E-state index in [4.69, 9.17) is 16.3 Å². The van der Waals surface area contributed by atoms with Crippen molar-refractivity contribution in [3.8, 4) is 5.75 Å². The average Bonchev–Trinajstić information content (AvgIpc) is 2.43. The summed E-state index contributed by atoms with van der Waals surface area (Å²) in [7, 11) is 0. The van der Waals surface area contributed by atoms with Crippen molar-refractivity contribution in [3.63, 3.8) is 0 Å². The summed E-state index contributed by atoms with van der Waals surface area (Å²) in [4.78, 5) is 0. The minimum absolute atomic E-state index is 0.0834. The zero-order valence-electron chi connectivity index (χ0n) is 12.8. The van der Waals surface area contributed by atoms with E-state index in [-0.39, 0.29) is 5.54 Å². The number of benzene rings is 2. The Balaban J connectivity index is 2.03. The smallest absolute Gasteiger partial charge is 0.124 e. The molecule has 2 aromatic rings. The highest BCUT2D eigenvalue weighted by Gasteiger charge is 2.10. The number of hydrogen-bond donors (Lipinski definition) is 1. The maximum Gasteiger partial charge on any atom is 0.124 e. The second-order valence-electron chi connectivity index (χ2n) is 6.13. The van der Waals surface area contributed by atoms with Gasteiger partial charge in [0.15, 0.2) is 0 Å². The Morgan fingerprint density at radius 2 is 1.81 bits per heavy atom. The van der Waals surface area contributed by atoms with Crippen molar-refractivity contribution in [1.29, 1.82) is 0 Å². The fraction of sp³-hybridized carbons (Fsp3) is 0.333. The third kappa shape index (κ3) is 5.41. The molecule has 1 N–H and O–H groups in total. The molecule has 0 saturated carbocycles. The Labute approximate surface area is 132 Å². The molecule has 0 bridgehead atoms. The first-order valence-corrected chi connectivity index (χ1v) is 7.52. The van der Waals surface area contributed by atoms with E-state index >= 15 is 0 Å². The van der Waals surface area contributed by atoms with Gasteiger partial charge in [-0.2, -0.15) is 0 Å². The quantitative estimate of drug-likeness (QED) is 0.856. The van der Waals surface area contributed by atoms with E-state index in [2.05, 4.69) is 32.2 Å². The molecule has 0 saturated heterocycles. The summed E-state index contributed by atoms with van der Waals surface area (Å²) in [5, 5.41) is 4.22. The highest BCUT2D eigenvalue weighted by Crippen LogP contribution is 2.21. The molecule has 2 rings (SSSR count). The van der Waals surface area contributed by atoms with Gasteiger partial charge in [0.25, 0.3) is 0 Å². The highest BCUT2D eigenvalue weighted by atomic mass is 35.5. The van der Waals surface area contributed by atoms with Crippen LogP contribution in [0.4, 0.5) is 0 Å². The van der Waals surface area contributed by atoms with Crippen LogP contribution in [0.1, 0.15) is 31.9 Å². The number of rotatable bonds is 5. The fourth-order valence-electron chi connectivity index (χ4n) is 1.94. The minimum Gasteiger partial charge on any atom is -0.489 e. The molecule has 0 spiro atoms. The van der Waals surface area contributed by atoms with Gasteiger partial charge < -0.3 is 10.1 Å². The van der Waals surface area contributed by atoms with Crippen LogP contribution in [0.5, 0.6) is 5.75 Å². The van der Waals surface area contributed by atoms with Crippen LogP contribution < -0.4 is 10.1 Å².